The summed E-state index contributed by atoms with van der Waals surface area (Å²) in [5, 5.41) is 0.766. The van der Waals surface area contributed by atoms with Crippen LogP contribution in [-0.4, -0.2) is 24.8 Å². The molecular formula is C18H26ClNO. The molecule has 2 nitrogen and oxygen atoms in total. The minimum Gasteiger partial charge on any atom is -0.300 e. The third-order valence-corrected chi connectivity index (χ3v) is 5.22. The molecule has 21 heavy (non-hydrogen) atoms. The molecule has 0 bridgehead atoms. The number of carbonyl (C=O) groups excluding carboxylic acids is 1. The molecule has 0 aliphatic heterocycles. The van der Waals surface area contributed by atoms with Crippen molar-refractivity contribution in [3.63, 3.8) is 0 Å². The average Bonchev–Trinajstić information content (AvgIpc) is 2.47. The van der Waals surface area contributed by atoms with Gasteiger partial charge in [0.25, 0.3) is 0 Å². The SMILES string of the molecule is CCCCC1CC(c2ccc(Cl)cc2)(N(C)C)CCC1=O. The lowest BCUT2D eigenvalue weighted by atomic mass is 9.69. The number of hydrogen-bond donors (Lipinski definition) is 0. The van der Waals surface area contributed by atoms with Crippen LogP contribution in [0.4, 0.5) is 0 Å². The number of halogens is 1. The summed E-state index contributed by atoms with van der Waals surface area (Å²) in [6.07, 6.45) is 5.84. The number of unbranched alkanes of at least 4 members (excludes halogenated alkanes) is 1. The molecule has 2 atom stereocenters. The highest BCUT2D eigenvalue weighted by Crippen LogP contribution is 2.43. The van der Waals surface area contributed by atoms with Gasteiger partial charge in [0.2, 0.25) is 0 Å². The smallest absolute Gasteiger partial charge is 0.136 e. The number of rotatable bonds is 5. The van der Waals surface area contributed by atoms with Crippen molar-refractivity contribution in [2.75, 3.05) is 14.1 Å². The van der Waals surface area contributed by atoms with Crippen LogP contribution in [-0.2, 0) is 10.3 Å². The van der Waals surface area contributed by atoms with Crippen molar-refractivity contribution in [1.82, 2.24) is 4.90 Å². The maximum absolute atomic E-state index is 12.3. The molecule has 1 aromatic rings. The summed E-state index contributed by atoms with van der Waals surface area (Å²) in [6.45, 7) is 2.19. The number of carbonyl (C=O) groups is 1. The zero-order chi connectivity index (χ0) is 15.5. The minimum absolute atomic E-state index is 0.0308. The van der Waals surface area contributed by atoms with Gasteiger partial charge in [-0.05, 0) is 51.1 Å². The van der Waals surface area contributed by atoms with Crippen molar-refractivity contribution in [3.05, 3.63) is 34.9 Å². The van der Waals surface area contributed by atoms with Crippen LogP contribution < -0.4 is 0 Å². The number of benzene rings is 1. The molecular weight excluding hydrogens is 282 g/mol. The molecule has 1 saturated carbocycles. The average molecular weight is 308 g/mol. The van der Waals surface area contributed by atoms with E-state index in [-0.39, 0.29) is 11.5 Å². The van der Waals surface area contributed by atoms with Gasteiger partial charge in [0, 0.05) is 22.9 Å². The number of hydrogen-bond acceptors (Lipinski definition) is 2. The maximum atomic E-state index is 12.3. The second kappa shape index (κ2) is 6.93. The lowest BCUT2D eigenvalue weighted by molar-refractivity contribution is -0.128. The quantitative estimate of drug-likeness (QED) is 0.788. The fourth-order valence-electron chi connectivity index (χ4n) is 3.56. The van der Waals surface area contributed by atoms with E-state index in [1.807, 2.05) is 12.1 Å². The Labute approximate surface area is 133 Å². The molecule has 1 aliphatic rings. The second-order valence-electron chi connectivity index (χ2n) is 6.44. The summed E-state index contributed by atoms with van der Waals surface area (Å²) in [4.78, 5) is 14.5. The Morgan fingerprint density at radius 2 is 1.95 bits per heavy atom. The standard InChI is InChI=1S/C18H26ClNO/c1-4-5-6-14-13-18(20(2)3,12-11-17(14)21)15-7-9-16(19)10-8-15/h7-10,14H,4-6,11-13H2,1-3H3. The first-order valence-electron chi connectivity index (χ1n) is 7.96. The molecule has 0 amide bonds. The molecule has 0 spiro atoms. The van der Waals surface area contributed by atoms with E-state index in [0.717, 1.165) is 37.1 Å². The van der Waals surface area contributed by atoms with Gasteiger partial charge in [0.15, 0.2) is 0 Å². The fraction of sp³-hybridized carbons (Fsp3) is 0.611. The molecule has 2 rings (SSSR count). The van der Waals surface area contributed by atoms with E-state index < -0.39 is 0 Å². The normalized spacial score (nSPS) is 26.3. The molecule has 1 aliphatic carbocycles. The Morgan fingerprint density at radius 3 is 2.52 bits per heavy atom. The molecule has 0 radical (unpaired) electrons. The summed E-state index contributed by atoms with van der Waals surface area (Å²) < 4.78 is 0. The molecule has 0 aromatic heterocycles. The topological polar surface area (TPSA) is 20.3 Å². The summed E-state index contributed by atoms with van der Waals surface area (Å²) in [5.41, 5.74) is 1.25. The van der Waals surface area contributed by atoms with E-state index in [1.165, 1.54) is 5.56 Å². The van der Waals surface area contributed by atoms with Gasteiger partial charge in [-0.25, -0.2) is 0 Å². The molecule has 0 N–H and O–H groups in total. The summed E-state index contributed by atoms with van der Waals surface area (Å²) in [7, 11) is 4.25. The third-order valence-electron chi connectivity index (χ3n) is 4.97. The predicted molar refractivity (Wildman–Crippen MR) is 88.7 cm³/mol. The van der Waals surface area contributed by atoms with Crippen LogP contribution in [0.3, 0.4) is 0 Å². The van der Waals surface area contributed by atoms with E-state index in [0.29, 0.717) is 12.2 Å². The zero-order valence-electron chi connectivity index (χ0n) is 13.4. The predicted octanol–water partition coefficient (Wildman–Crippen LogP) is 4.66. The van der Waals surface area contributed by atoms with Gasteiger partial charge in [0.1, 0.15) is 5.78 Å². The molecule has 0 saturated heterocycles. The van der Waals surface area contributed by atoms with Crippen molar-refractivity contribution < 1.29 is 4.79 Å². The van der Waals surface area contributed by atoms with Crippen molar-refractivity contribution in [3.8, 4) is 0 Å². The van der Waals surface area contributed by atoms with Crippen molar-refractivity contribution in [1.29, 1.82) is 0 Å². The van der Waals surface area contributed by atoms with Crippen LogP contribution in [0, 0.1) is 5.92 Å². The van der Waals surface area contributed by atoms with E-state index in [4.69, 9.17) is 11.6 Å². The Morgan fingerprint density at radius 1 is 1.29 bits per heavy atom. The summed E-state index contributed by atoms with van der Waals surface area (Å²) in [6, 6.07) is 8.16. The van der Waals surface area contributed by atoms with Crippen molar-refractivity contribution in [2.24, 2.45) is 5.92 Å². The Bertz CT molecular complexity index is 482. The molecule has 2 unspecified atom stereocenters. The van der Waals surface area contributed by atoms with Crippen molar-refractivity contribution in [2.45, 2.75) is 51.0 Å². The second-order valence-corrected chi connectivity index (χ2v) is 6.88. The zero-order valence-corrected chi connectivity index (χ0v) is 14.1. The van der Waals surface area contributed by atoms with Crippen molar-refractivity contribution >= 4 is 17.4 Å². The molecule has 0 heterocycles. The first-order chi connectivity index (χ1) is 9.99. The minimum atomic E-state index is -0.0308. The highest BCUT2D eigenvalue weighted by atomic mass is 35.5. The number of ketones is 1. The molecule has 3 heteroatoms. The van der Waals surface area contributed by atoms with Gasteiger partial charge < -0.3 is 0 Å². The lowest BCUT2D eigenvalue weighted by Gasteiger charge is -2.46. The third kappa shape index (κ3) is 3.49. The largest absolute Gasteiger partial charge is 0.300 e. The molecule has 1 aromatic carbocycles. The highest BCUT2D eigenvalue weighted by Gasteiger charge is 2.42. The van der Waals surface area contributed by atoms with E-state index in [1.54, 1.807) is 0 Å². The maximum Gasteiger partial charge on any atom is 0.136 e. The van der Waals surface area contributed by atoms with E-state index >= 15 is 0 Å². The van der Waals surface area contributed by atoms with Crippen LogP contribution in [0.5, 0.6) is 0 Å². The van der Waals surface area contributed by atoms with E-state index in [9.17, 15) is 4.79 Å². The Kier molecular flexibility index (Phi) is 5.45. The van der Waals surface area contributed by atoms with Crippen LogP contribution in [0.1, 0.15) is 51.0 Å². The molecule has 1 fully saturated rings. The summed E-state index contributed by atoms with van der Waals surface area (Å²) in [5.74, 6) is 0.659. The number of Topliss-reactive ketones (excluding diaryl/α,β-unsaturated/α-hetero) is 1. The van der Waals surface area contributed by atoms with Gasteiger partial charge in [-0.1, -0.05) is 43.5 Å². The fourth-order valence-corrected chi connectivity index (χ4v) is 3.68. The van der Waals surface area contributed by atoms with Gasteiger partial charge >= 0.3 is 0 Å². The van der Waals surface area contributed by atoms with Crippen LogP contribution in [0.2, 0.25) is 5.02 Å². The van der Waals surface area contributed by atoms with Gasteiger partial charge in [-0.2, -0.15) is 0 Å². The Balaban J connectivity index is 2.29. The summed E-state index contributed by atoms with van der Waals surface area (Å²) >= 11 is 6.03. The van der Waals surface area contributed by atoms with Gasteiger partial charge in [-0.3, -0.25) is 9.69 Å². The highest BCUT2D eigenvalue weighted by molar-refractivity contribution is 6.30. The Hall–Kier alpha value is -0.860. The van der Waals surface area contributed by atoms with Crippen LogP contribution in [0.15, 0.2) is 24.3 Å². The lowest BCUT2D eigenvalue weighted by Crippen LogP contribution is -2.47. The van der Waals surface area contributed by atoms with Crippen LogP contribution >= 0.6 is 11.6 Å². The van der Waals surface area contributed by atoms with Crippen LogP contribution in [0.25, 0.3) is 0 Å². The van der Waals surface area contributed by atoms with E-state index in [2.05, 4.69) is 38.1 Å². The monoisotopic (exact) mass is 307 g/mol. The first-order valence-corrected chi connectivity index (χ1v) is 8.33. The first kappa shape index (κ1) is 16.5. The number of nitrogens with zero attached hydrogens (tertiary/aromatic N) is 1. The van der Waals surface area contributed by atoms with Gasteiger partial charge in [0.05, 0.1) is 0 Å². The van der Waals surface area contributed by atoms with Gasteiger partial charge in [-0.15, -0.1) is 0 Å². The molecule has 116 valence electrons.